The number of nitrogens with zero attached hydrogens (tertiary/aromatic N) is 1. The summed E-state index contributed by atoms with van der Waals surface area (Å²) in [4.78, 5) is 0. The van der Waals surface area contributed by atoms with Crippen molar-refractivity contribution in [2.45, 2.75) is 38.9 Å². The zero-order valence-corrected chi connectivity index (χ0v) is 8.36. The molecule has 14 heavy (non-hydrogen) atoms. The van der Waals surface area contributed by atoms with Gasteiger partial charge in [0, 0.05) is 0 Å². The lowest BCUT2D eigenvalue weighted by molar-refractivity contribution is -0.126. The Hall–Kier alpha value is -0.760. The van der Waals surface area contributed by atoms with Crippen LogP contribution < -0.4 is 5.32 Å². The molecule has 0 aromatic carbocycles. The summed E-state index contributed by atoms with van der Waals surface area (Å²) < 4.78 is 35.5. The molecule has 0 bridgehead atoms. The minimum Gasteiger partial charge on any atom is -0.293 e. The number of hydrogen-bond acceptors (Lipinski definition) is 2. The Balaban J connectivity index is 3.98. The van der Waals surface area contributed by atoms with Crippen LogP contribution in [0.15, 0.2) is 0 Å². The van der Waals surface area contributed by atoms with Crippen LogP contribution in [0.4, 0.5) is 13.2 Å². The molecule has 2 atom stereocenters. The molecule has 0 aromatic heterocycles. The Morgan fingerprint density at radius 1 is 1.43 bits per heavy atom. The van der Waals surface area contributed by atoms with Crippen molar-refractivity contribution in [1.29, 1.82) is 5.26 Å². The molecular formula is C9H15F3N2. The van der Waals surface area contributed by atoms with Gasteiger partial charge in [0.2, 0.25) is 0 Å². The molecule has 5 heteroatoms. The topological polar surface area (TPSA) is 35.8 Å². The Bertz CT molecular complexity index is 195. The van der Waals surface area contributed by atoms with E-state index in [1.807, 2.05) is 13.0 Å². The van der Waals surface area contributed by atoms with Crippen molar-refractivity contribution in [3.63, 3.8) is 0 Å². The van der Waals surface area contributed by atoms with E-state index in [9.17, 15) is 13.2 Å². The summed E-state index contributed by atoms with van der Waals surface area (Å²) in [5.41, 5.74) is 0. The lowest BCUT2D eigenvalue weighted by Crippen LogP contribution is -2.39. The van der Waals surface area contributed by atoms with Crippen LogP contribution in [0.3, 0.4) is 0 Å². The highest BCUT2D eigenvalue weighted by Crippen LogP contribution is 2.15. The van der Waals surface area contributed by atoms with Gasteiger partial charge in [0.25, 0.3) is 0 Å². The summed E-state index contributed by atoms with van der Waals surface area (Å²) in [6.07, 6.45) is -2.63. The van der Waals surface area contributed by atoms with Crippen LogP contribution in [0.25, 0.3) is 0 Å². The zero-order valence-electron chi connectivity index (χ0n) is 8.36. The molecule has 0 fully saturated rings. The molecule has 0 aromatic rings. The van der Waals surface area contributed by atoms with Gasteiger partial charge in [0.1, 0.15) is 0 Å². The molecular weight excluding hydrogens is 193 g/mol. The first-order valence-corrected chi connectivity index (χ1v) is 4.60. The average molecular weight is 208 g/mol. The van der Waals surface area contributed by atoms with E-state index in [1.54, 1.807) is 6.92 Å². The number of halogens is 3. The van der Waals surface area contributed by atoms with Gasteiger partial charge in [-0.3, -0.25) is 5.32 Å². The van der Waals surface area contributed by atoms with E-state index in [2.05, 4.69) is 5.32 Å². The maximum Gasteiger partial charge on any atom is 0.401 e. The van der Waals surface area contributed by atoms with Crippen LogP contribution >= 0.6 is 0 Å². The molecule has 0 spiro atoms. The fraction of sp³-hybridized carbons (Fsp3) is 0.889. The summed E-state index contributed by atoms with van der Waals surface area (Å²) in [6, 6.07) is 1.14. The second kappa shape index (κ2) is 5.86. The third-order valence-corrected chi connectivity index (χ3v) is 1.97. The molecule has 0 rings (SSSR count). The van der Waals surface area contributed by atoms with Gasteiger partial charge in [-0.05, 0) is 12.3 Å². The van der Waals surface area contributed by atoms with E-state index in [1.165, 1.54) is 0 Å². The highest BCUT2D eigenvalue weighted by molar-refractivity contribution is 4.93. The van der Waals surface area contributed by atoms with Crippen LogP contribution in [0.5, 0.6) is 0 Å². The normalized spacial score (nSPS) is 16.0. The van der Waals surface area contributed by atoms with Crippen LogP contribution in [0, 0.1) is 17.2 Å². The van der Waals surface area contributed by atoms with Gasteiger partial charge >= 0.3 is 6.18 Å². The molecule has 0 amide bonds. The fourth-order valence-corrected chi connectivity index (χ4v) is 1.22. The summed E-state index contributed by atoms with van der Waals surface area (Å²) in [6.45, 7) is 2.62. The zero-order chi connectivity index (χ0) is 11.2. The Morgan fingerprint density at radius 2 is 2.00 bits per heavy atom. The van der Waals surface area contributed by atoms with E-state index >= 15 is 0 Å². The number of rotatable bonds is 5. The Morgan fingerprint density at radius 3 is 2.36 bits per heavy atom. The van der Waals surface area contributed by atoms with E-state index in [0.29, 0.717) is 0 Å². The standard InChI is InChI=1S/C9H15F3N2/c1-3-4-7(2)8(5-13)14-6-9(10,11)12/h7-8,14H,3-4,6H2,1-2H3. The number of hydrogen-bond donors (Lipinski definition) is 1. The smallest absolute Gasteiger partial charge is 0.293 e. The Labute approximate surface area is 82.1 Å². The minimum atomic E-state index is -4.25. The van der Waals surface area contributed by atoms with Crippen molar-refractivity contribution < 1.29 is 13.2 Å². The highest BCUT2D eigenvalue weighted by atomic mass is 19.4. The predicted molar refractivity (Wildman–Crippen MR) is 47.5 cm³/mol. The molecule has 0 saturated heterocycles. The molecule has 0 heterocycles. The number of alkyl halides is 3. The monoisotopic (exact) mass is 208 g/mol. The van der Waals surface area contributed by atoms with Crippen molar-refractivity contribution in [2.24, 2.45) is 5.92 Å². The average Bonchev–Trinajstić information content (AvgIpc) is 2.03. The van der Waals surface area contributed by atoms with Crippen LogP contribution in [0.1, 0.15) is 26.7 Å². The molecule has 0 aliphatic heterocycles. The molecule has 2 nitrogen and oxygen atoms in total. The number of nitrogens with one attached hydrogen (secondary N) is 1. The molecule has 82 valence electrons. The number of nitriles is 1. The summed E-state index contributed by atoms with van der Waals surface area (Å²) >= 11 is 0. The maximum absolute atomic E-state index is 11.8. The van der Waals surface area contributed by atoms with Crippen molar-refractivity contribution >= 4 is 0 Å². The molecule has 2 unspecified atom stereocenters. The highest BCUT2D eigenvalue weighted by Gasteiger charge is 2.29. The Kier molecular flexibility index (Phi) is 5.55. The lowest BCUT2D eigenvalue weighted by atomic mass is 9.98. The third-order valence-electron chi connectivity index (χ3n) is 1.97. The molecule has 0 saturated carbocycles. The van der Waals surface area contributed by atoms with Gasteiger partial charge in [-0.15, -0.1) is 0 Å². The second-order valence-corrected chi connectivity index (χ2v) is 3.37. The molecule has 0 radical (unpaired) electrons. The third kappa shape index (κ3) is 5.81. The van der Waals surface area contributed by atoms with Gasteiger partial charge in [0.15, 0.2) is 0 Å². The molecule has 0 aliphatic rings. The van der Waals surface area contributed by atoms with Gasteiger partial charge in [-0.2, -0.15) is 18.4 Å². The van der Waals surface area contributed by atoms with Gasteiger partial charge in [0.05, 0.1) is 18.7 Å². The first-order valence-electron chi connectivity index (χ1n) is 4.60. The SMILES string of the molecule is CCCC(C)C(C#N)NCC(F)(F)F. The second-order valence-electron chi connectivity index (χ2n) is 3.37. The van der Waals surface area contributed by atoms with Crippen molar-refractivity contribution in [1.82, 2.24) is 5.32 Å². The van der Waals surface area contributed by atoms with Crippen LogP contribution in [-0.2, 0) is 0 Å². The first kappa shape index (κ1) is 13.2. The van der Waals surface area contributed by atoms with Crippen molar-refractivity contribution in [3.8, 4) is 6.07 Å². The summed E-state index contributed by atoms with van der Waals surface area (Å²) in [5, 5.41) is 10.8. The van der Waals surface area contributed by atoms with E-state index < -0.39 is 18.8 Å². The summed E-state index contributed by atoms with van der Waals surface area (Å²) in [7, 11) is 0. The van der Waals surface area contributed by atoms with E-state index in [4.69, 9.17) is 5.26 Å². The molecule has 1 N–H and O–H groups in total. The van der Waals surface area contributed by atoms with Gasteiger partial charge in [-0.25, -0.2) is 0 Å². The van der Waals surface area contributed by atoms with Gasteiger partial charge < -0.3 is 0 Å². The summed E-state index contributed by atoms with van der Waals surface area (Å²) in [5.74, 6) is -0.0488. The minimum absolute atomic E-state index is 0.0488. The quantitative estimate of drug-likeness (QED) is 0.753. The maximum atomic E-state index is 11.8. The van der Waals surface area contributed by atoms with Crippen LogP contribution in [0.2, 0.25) is 0 Å². The van der Waals surface area contributed by atoms with E-state index in [-0.39, 0.29) is 5.92 Å². The first-order chi connectivity index (χ1) is 6.40. The fourth-order valence-electron chi connectivity index (χ4n) is 1.22. The predicted octanol–water partition coefficient (Wildman–Crippen LogP) is 2.47. The van der Waals surface area contributed by atoms with E-state index in [0.717, 1.165) is 12.8 Å². The van der Waals surface area contributed by atoms with Gasteiger partial charge in [-0.1, -0.05) is 20.3 Å². The van der Waals surface area contributed by atoms with Crippen molar-refractivity contribution in [3.05, 3.63) is 0 Å². The van der Waals surface area contributed by atoms with Crippen molar-refractivity contribution in [2.75, 3.05) is 6.54 Å². The largest absolute Gasteiger partial charge is 0.401 e. The van der Waals surface area contributed by atoms with Crippen LogP contribution in [-0.4, -0.2) is 18.8 Å². The lowest BCUT2D eigenvalue weighted by Gasteiger charge is -2.19. The molecule has 0 aliphatic carbocycles.